The zero-order valence-corrected chi connectivity index (χ0v) is 8.23. The van der Waals surface area contributed by atoms with E-state index in [1.165, 1.54) is 33.5 Å². The lowest BCUT2D eigenvalue weighted by atomic mass is 10.0. The zero-order valence-electron chi connectivity index (χ0n) is 8.23. The quantitative estimate of drug-likeness (QED) is 0.648. The van der Waals surface area contributed by atoms with Crippen LogP contribution in [0.4, 0.5) is 0 Å². The standard InChI is InChI=1S/C9H12O5/c1-12-6-4-7(13-2)8(10)9(11,5-6)14-3/h4-5,11H,1-3H3. The molecule has 0 radical (unpaired) electrons. The second kappa shape index (κ2) is 3.81. The lowest BCUT2D eigenvalue weighted by Gasteiger charge is -2.25. The summed E-state index contributed by atoms with van der Waals surface area (Å²) in [6, 6.07) is 0. The summed E-state index contributed by atoms with van der Waals surface area (Å²) in [5, 5.41) is 9.70. The van der Waals surface area contributed by atoms with Gasteiger partial charge in [0.05, 0.1) is 14.2 Å². The maximum Gasteiger partial charge on any atom is 0.260 e. The number of hydrogen-bond acceptors (Lipinski definition) is 5. The van der Waals surface area contributed by atoms with Crippen molar-refractivity contribution in [1.29, 1.82) is 0 Å². The largest absolute Gasteiger partial charge is 0.497 e. The van der Waals surface area contributed by atoms with E-state index in [-0.39, 0.29) is 5.76 Å². The predicted molar refractivity (Wildman–Crippen MR) is 47.1 cm³/mol. The van der Waals surface area contributed by atoms with E-state index < -0.39 is 11.6 Å². The Morgan fingerprint density at radius 3 is 2.36 bits per heavy atom. The topological polar surface area (TPSA) is 65.0 Å². The predicted octanol–water partition coefficient (Wildman–Crippen LogP) is -0.0353. The number of rotatable bonds is 3. The molecule has 0 bridgehead atoms. The van der Waals surface area contributed by atoms with Gasteiger partial charge in [-0.3, -0.25) is 4.79 Å². The number of Topliss-reactive ketones (excluding diaryl/α,β-unsaturated/α-hetero) is 1. The molecule has 5 heteroatoms. The maximum atomic E-state index is 11.5. The summed E-state index contributed by atoms with van der Waals surface area (Å²) in [7, 11) is 3.97. The van der Waals surface area contributed by atoms with Gasteiger partial charge in [-0.05, 0) is 0 Å². The van der Waals surface area contributed by atoms with Gasteiger partial charge in [0.15, 0.2) is 5.76 Å². The molecule has 1 unspecified atom stereocenters. The number of carbonyl (C=O) groups excluding carboxylic acids is 1. The van der Waals surface area contributed by atoms with Gasteiger partial charge >= 0.3 is 0 Å². The van der Waals surface area contributed by atoms with Crippen LogP contribution in [-0.4, -0.2) is 38.0 Å². The number of ether oxygens (including phenoxy) is 3. The molecule has 0 spiro atoms. The molecule has 0 aromatic rings. The van der Waals surface area contributed by atoms with Gasteiger partial charge in [0.2, 0.25) is 0 Å². The molecule has 0 aromatic carbocycles. The van der Waals surface area contributed by atoms with Crippen LogP contribution < -0.4 is 0 Å². The summed E-state index contributed by atoms with van der Waals surface area (Å²) < 4.78 is 14.3. The lowest BCUT2D eigenvalue weighted by molar-refractivity contribution is -0.175. The molecule has 1 rings (SSSR count). The van der Waals surface area contributed by atoms with E-state index in [9.17, 15) is 9.90 Å². The average Bonchev–Trinajstić information content (AvgIpc) is 2.22. The summed E-state index contributed by atoms with van der Waals surface area (Å²) >= 11 is 0. The Morgan fingerprint density at radius 2 is 1.93 bits per heavy atom. The molecule has 0 aromatic heterocycles. The molecule has 0 saturated heterocycles. The van der Waals surface area contributed by atoms with Gasteiger partial charge in [-0.25, -0.2) is 0 Å². The third-order valence-electron chi connectivity index (χ3n) is 1.93. The highest BCUT2D eigenvalue weighted by Gasteiger charge is 2.40. The van der Waals surface area contributed by atoms with Gasteiger partial charge in [-0.1, -0.05) is 0 Å². The number of allylic oxidation sites excluding steroid dienone is 1. The smallest absolute Gasteiger partial charge is 0.260 e. The number of ketones is 1. The molecule has 1 N–H and O–H groups in total. The molecule has 0 saturated carbocycles. The molecule has 14 heavy (non-hydrogen) atoms. The van der Waals surface area contributed by atoms with Crippen LogP contribution >= 0.6 is 0 Å². The summed E-state index contributed by atoms with van der Waals surface area (Å²) in [5.41, 5.74) is 0. The van der Waals surface area contributed by atoms with Gasteiger partial charge in [0.25, 0.3) is 11.6 Å². The number of hydrogen-bond donors (Lipinski definition) is 1. The number of aliphatic hydroxyl groups is 1. The molecule has 1 atom stereocenters. The van der Waals surface area contributed by atoms with Crippen molar-refractivity contribution < 1.29 is 24.1 Å². The van der Waals surface area contributed by atoms with Crippen molar-refractivity contribution in [3.8, 4) is 0 Å². The van der Waals surface area contributed by atoms with Crippen LogP contribution in [0.1, 0.15) is 0 Å². The van der Waals surface area contributed by atoms with Crippen LogP contribution in [0.3, 0.4) is 0 Å². The van der Waals surface area contributed by atoms with Crippen LogP contribution in [0.5, 0.6) is 0 Å². The molecule has 78 valence electrons. The Labute approximate surface area is 81.6 Å². The number of methoxy groups -OCH3 is 3. The first-order chi connectivity index (χ1) is 6.57. The van der Waals surface area contributed by atoms with Crippen molar-refractivity contribution in [3.05, 3.63) is 23.7 Å². The van der Waals surface area contributed by atoms with Crippen molar-refractivity contribution in [2.24, 2.45) is 0 Å². The Hall–Kier alpha value is -1.33. The summed E-state index contributed by atoms with van der Waals surface area (Å²) in [5.74, 6) is -2.34. The summed E-state index contributed by atoms with van der Waals surface area (Å²) in [6.45, 7) is 0. The van der Waals surface area contributed by atoms with E-state index in [0.29, 0.717) is 5.76 Å². The van der Waals surface area contributed by atoms with Crippen molar-refractivity contribution in [3.63, 3.8) is 0 Å². The normalized spacial score (nSPS) is 26.7. The maximum absolute atomic E-state index is 11.5. The summed E-state index contributed by atoms with van der Waals surface area (Å²) in [6.07, 6.45) is 2.56. The average molecular weight is 200 g/mol. The Morgan fingerprint density at radius 1 is 1.29 bits per heavy atom. The van der Waals surface area contributed by atoms with Crippen LogP contribution in [0.2, 0.25) is 0 Å². The first-order valence-electron chi connectivity index (χ1n) is 3.92. The van der Waals surface area contributed by atoms with Crippen LogP contribution in [0, 0.1) is 0 Å². The first-order valence-corrected chi connectivity index (χ1v) is 3.92. The van der Waals surface area contributed by atoms with Crippen LogP contribution in [0.15, 0.2) is 23.7 Å². The third-order valence-corrected chi connectivity index (χ3v) is 1.93. The summed E-state index contributed by atoms with van der Waals surface area (Å²) in [4.78, 5) is 11.5. The highest BCUT2D eigenvalue weighted by atomic mass is 16.6. The van der Waals surface area contributed by atoms with E-state index in [4.69, 9.17) is 9.47 Å². The van der Waals surface area contributed by atoms with Crippen molar-refractivity contribution >= 4 is 5.78 Å². The minimum atomic E-state index is -1.99. The molecule has 0 heterocycles. The molecule has 0 fully saturated rings. The number of carbonyl (C=O) groups is 1. The van der Waals surface area contributed by atoms with Crippen LogP contribution in [0.25, 0.3) is 0 Å². The lowest BCUT2D eigenvalue weighted by Crippen LogP contribution is -2.42. The zero-order chi connectivity index (χ0) is 10.8. The minimum Gasteiger partial charge on any atom is -0.497 e. The van der Waals surface area contributed by atoms with E-state index in [2.05, 4.69) is 4.74 Å². The van der Waals surface area contributed by atoms with E-state index in [1.54, 1.807) is 0 Å². The Kier molecular flexibility index (Phi) is 2.93. The van der Waals surface area contributed by atoms with Crippen molar-refractivity contribution in [2.45, 2.75) is 5.79 Å². The Bertz CT molecular complexity index is 304. The van der Waals surface area contributed by atoms with Gasteiger partial charge < -0.3 is 19.3 Å². The fourth-order valence-electron chi connectivity index (χ4n) is 1.09. The highest BCUT2D eigenvalue weighted by molar-refractivity contribution is 6.02. The highest BCUT2D eigenvalue weighted by Crippen LogP contribution is 2.24. The second-order valence-electron chi connectivity index (χ2n) is 2.69. The van der Waals surface area contributed by atoms with Gasteiger partial charge in [0, 0.05) is 19.3 Å². The molecule has 1 aliphatic carbocycles. The molecular formula is C9H12O5. The molecular weight excluding hydrogens is 188 g/mol. The SMILES string of the molecule is COC1=CC(O)(OC)C(=O)C(OC)=C1. The van der Waals surface area contributed by atoms with Gasteiger partial charge in [-0.15, -0.1) is 0 Å². The molecule has 0 aliphatic heterocycles. The molecule has 5 nitrogen and oxygen atoms in total. The van der Waals surface area contributed by atoms with E-state index in [1.807, 2.05) is 0 Å². The molecule has 0 amide bonds. The Balaban J connectivity index is 3.10. The van der Waals surface area contributed by atoms with Gasteiger partial charge in [0.1, 0.15) is 5.76 Å². The van der Waals surface area contributed by atoms with Crippen molar-refractivity contribution in [1.82, 2.24) is 0 Å². The van der Waals surface area contributed by atoms with E-state index >= 15 is 0 Å². The fraction of sp³-hybridized carbons (Fsp3) is 0.444. The third kappa shape index (κ3) is 1.64. The van der Waals surface area contributed by atoms with Crippen molar-refractivity contribution in [2.75, 3.05) is 21.3 Å². The second-order valence-corrected chi connectivity index (χ2v) is 2.69. The molecule has 1 aliphatic rings. The minimum absolute atomic E-state index is 0.00583. The monoisotopic (exact) mass is 200 g/mol. The van der Waals surface area contributed by atoms with Crippen LogP contribution in [-0.2, 0) is 19.0 Å². The first kappa shape index (κ1) is 10.7. The van der Waals surface area contributed by atoms with E-state index in [0.717, 1.165) is 0 Å². The van der Waals surface area contributed by atoms with Gasteiger partial charge in [-0.2, -0.15) is 0 Å². The fourth-order valence-corrected chi connectivity index (χ4v) is 1.09.